The second-order valence-corrected chi connectivity index (χ2v) is 9.09. The number of hydrogen-bond acceptors (Lipinski definition) is 6. The lowest BCUT2D eigenvalue weighted by molar-refractivity contribution is 0.0859. The van der Waals surface area contributed by atoms with Gasteiger partial charge in [0, 0.05) is 18.2 Å². The lowest BCUT2D eigenvalue weighted by atomic mass is 9.90. The molecule has 0 saturated heterocycles. The number of para-hydroxylation sites is 1. The number of hydrogen-bond donors (Lipinski definition) is 3. The number of nitrogens with one attached hydrogen (secondary N) is 2. The molecule has 1 aliphatic carbocycles. The topological polar surface area (TPSA) is 111 Å². The number of benzene rings is 2. The van der Waals surface area contributed by atoms with Gasteiger partial charge < -0.3 is 21.1 Å². The summed E-state index contributed by atoms with van der Waals surface area (Å²) in [5, 5.41) is 11.3. The van der Waals surface area contributed by atoms with Crippen LogP contribution in [0, 0.1) is 0 Å². The molecule has 0 saturated carbocycles. The summed E-state index contributed by atoms with van der Waals surface area (Å²) >= 11 is 6.32. The zero-order valence-corrected chi connectivity index (χ0v) is 19.3. The zero-order valence-electron chi connectivity index (χ0n) is 18.6. The van der Waals surface area contributed by atoms with Crippen LogP contribution in [0.15, 0.2) is 48.5 Å². The van der Waals surface area contributed by atoms with E-state index in [1.54, 1.807) is 6.07 Å². The van der Waals surface area contributed by atoms with Gasteiger partial charge in [-0.1, -0.05) is 54.1 Å². The lowest BCUT2D eigenvalue weighted by Crippen LogP contribution is -2.39. The minimum Gasteiger partial charge on any atom is -0.445 e. The molecule has 2 heterocycles. The van der Waals surface area contributed by atoms with Crippen molar-refractivity contribution in [2.24, 2.45) is 0 Å². The quantitative estimate of drug-likeness (QED) is 0.518. The first-order valence-corrected chi connectivity index (χ1v) is 11.8. The first-order valence-electron chi connectivity index (χ1n) is 11.4. The number of nitrogen functional groups attached to an aromatic ring is 1. The van der Waals surface area contributed by atoms with Gasteiger partial charge in [0.1, 0.15) is 12.4 Å². The number of carbonyl (C=O) groups is 2. The first-order chi connectivity index (χ1) is 16.5. The summed E-state index contributed by atoms with van der Waals surface area (Å²) in [5.41, 5.74) is 10.6. The number of anilines is 2. The molecular formula is C25H26ClN5O3. The molecule has 2 aliphatic rings. The van der Waals surface area contributed by atoms with Crippen molar-refractivity contribution in [1.82, 2.24) is 15.1 Å². The molecule has 2 aromatic carbocycles. The molecular weight excluding hydrogens is 454 g/mol. The van der Waals surface area contributed by atoms with E-state index >= 15 is 0 Å². The number of aryl methyl sites for hydroxylation is 1. The molecule has 176 valence electrons. The number of rotatable bonds is 4. The minimum absolute atomic E-state index is 0.135. The van der Waals surface area contributed by atoms with Crippen molar-refractivity contribution >= 4 is 35.1 Å². The Morgan fingerprint density at radius 3 is 2.82 bits per heavy atom. The SMILES string of the molecule is Nc1c2c(nn1C(=O)C1CCNc3c(Cl)cccc31)CC[C@H](NC(=O)OCc1ccccc1)C2. The molecule has 0 bridgehead atoms. The van der Waals surface area contributed by atoms with E-state index in [1.165, 1.54) is 4.68 Å². The molecule has 2 atom stereocenters. The van der Waals surface area contributed by atoms with Crippen LogP contribution in [0.3, 0.4) is 0 Å². The average Bonchev–Trinajstić information content (AvgIpc) is 3.19. The smallest absolute Gasteiger partial charge is 0.407 e. The van der Waals surface area contributed by atoms with Crippen molar-refractivity contribution in [2.45, 2.75) is 44.2 Å². The number of aromatic nitrogens is 2. The summed E-state index contributed by atoms with van der Waals surface area (Å²) in [6.07, 6.45) is 1.99. The molecule has 9 heteroatoms. The number of nitrogens with two attached hydrogens (primary N) is 1. The molecule has 0 fully saturated rings. The Hall–Kier alpha value is -3.52. The molecule has 8 nitrogen and oxygen atoms in total. The Morgan fingerprint density at radius 2 is 2.00 bits per heavy atom. The van der Waals surface area contributed by atoms with E-state index in [9.17, 15) is 9.59 Å². The van der Waals surface area contributed by atoms with E-state index in [0.717, 1.165) is 28.1 Å². The fraction of sp³-hybridized carbons (Fsp3) is 0.320. The molecule has 3 aromatic rings. The van der Waals surface area contributed by atoms with Crippen LogP contribution in [-0.2, 0) is 24.2 Å². The van der Waals surface area contributed by atoms with E-state index in [0.29, 0.717) is 43.1 Å². The highest BCUT2D eigenvalue weighted by Gasteiger charge is 2.33. The number of alkyl carbamates (subject to hydrolysis) is 1. The van der Waals surface area contributed by atoms with Crippen LogP contribution in [0.1, 0.15) is 45.9 Å². The molecule has 1 amide bonds. The van der Waals surface area contributed by atoms with Gasteiger partial charge in [-0.05, 0) is 42.9 Å². The molecule has 1 unspecified atom stereocenters. The van der Waals surface area contributed by atoms with Crippen LogP contribution < -0.4 is 16.4 Å². The zero-order chi connectivity index (χ0) is 23.7. The fourth-order valence-corrected chi connectivity index (χ4v) is 4.98. The third kappa shape index (κ3) is 4.33. The number of nitrogens with zero attached hydrogens (tertiary/aromatic N) is 2. The number of amides is 1. The lowest BCUT2D eigenvalue weighted by Gasteiger charge is -2.26. The highest BCUT2D eigenvalue weighted by molar-refractivity contribution is 6.33. The van der Waals surface area contributed by atoms with Crippen LogP contribution in [0.4, 0.5) is 16.3 Å². The monoisotopic (exact) mass is 479 g/mol. The normalized spacial score (nSPS) is 18.9. The molecule has 1 aromatic heterocycles. The Morgan fingerprint density at radius 1 is 1.18 bits per heavy atom. The summed E-state index contributed by atoms with van der Waals surface area (Å²) in [6.45, 7) is 0.853. The molecule has 1 aliphatic heterocycles. The van der Waals surface area contributed by atoms with Crippen molar-refractivity contribution in [2.75, 3.05) is 17.6 Å². The third-order valence-electron chi connectivity index (χ3n) is 6.48. The number of carbonyl (C=O) groups excluding carboxylic acids is 2. The van der Waals surface area contributed by atoms with Gasteiger partial charge in [0.2, 0.25) is 0 Å². The van der Waals surface area contributed by atoms with Crippen LogP contribution in [-0.4, -0.2) is 34.4 Å². The Balaban J connectivity index is 1.27. The number of fused-ring (bicyclic) bond motifs is 2. The number of ether oxygens (including phenoxy) is 1. The van der Waals surface area contributed by atoms with Crippen molar-refractivity contribution in [3.05, 3.63) is 75.9 Å². The second-order valence-electron chi connectivity index (χ2n) is 8.68. The molecule has 5 rings (SSSR count). The summed E-state index contributed by atoms with van der Waals surface area (Å²) < 4.78 is 6.68. The van der Waals surface area contributed by atoms with Crippen molar-refractivity contribution < 1.29 is 14.3 Å². The minimum atomic E-state index is -0.470. The standard InChI is InChI=1S/C25H26ClN5O3/c26-20-8-4-7-17-18(11-12-28-22(17)20)24(32)31-23(27)19-13-16(9-10-21(19)30-31)29-25(33)34-14-15-5-2-1-3-6-15/h1-8,16,18,28H,9-14,27H2,(H,29,33)/t16-,18?/m0/s1. The van der Waals surface area contributed by atoms with E-state index < -0.39 is 6.09 Å². The van der Waals surface area contributed by atoms with Gasteiger partial charge in [0.15, 0.2) is 0 Å². The van der Waals surface area contributed by atoms with E-state index in [2.05, 4.69) is 15.7 Å². The Labute approximate surface area is 202 Å². The van der Waals surface area contributed by atoms with E-state index in [4.69, 9.17) is 22.1 Å². The van der Waals surface area contributed by atoms with E-state index in [-0.39, 0.29) is 24.5 Å². The van der Waals surface area contributed by atoms with Crippen molar-refractivity contribution in [1.29, 1.82) is 0 Å². The van der Waals surface area contributed by atoms with Gasteiger partial charge in [-0.15, -0.1) is 0 Å². The van der Waals surface area contributed by atoms with Gasteiger partial charge in [-0.25, -0.2) is 4.79 Å². The van der Waals surface area contributed by atoms with E-state index in [1.807, 2.05) is 42.5 Å². The highest BCUT2D eigenvalue weighted by Crippen LogP contribution is 2.38. The largest absolute Gasteiger partial charge is 0.445 e. The summed E-state index contributed by atoms with van der Waals surface area (Å²) in [5.74, 6) is -0.199. The average molecular weight is 480 g/mol. The van der Waals surface area contributed by atoms with Crippen molar-refractivity contribution in [3.8, 4) is 0 Å². The predicted octanol–water partition coefficient (Wildman–Crippen LogP) is 4.14. The number of halogens is 1. The van der Waals surface area contributed by atoms with Gasteiger partial charge in [-0.2, -0.15) is 9.78 Å². The van der Waals surface area contributed by atoms with Crippen LogP contribution in [0.2, 0.25) is 5.02 Å². The van der Waals surface area contributed by atoms with Gasteiger partial charge in [0.25, 0.3) is 5.91 Å². The summed E-state index contributed by atoms with van der Waals surface area (Å²) in [4.78, 5) is 25.7. The summed E-state index contributed by atoms with van der Waals surface area (Å²) in [7, 11) is 0. The molecule has 0 spiro atoms. The predicted molar refractivity (Wildman–Crippen MR) is 130 cm³/mol. The van der Waals surface area contributed by atoms with Crippen LogP contribution in [0.25, 0.3) is 0 Å². The maximum atomic E-state index is 13.5. The van der Waals surface area contributed by atoms with Crippen molar-refractivity contribution in [3.63, 3.8) is 0 Å². The Bertz CT molecular complexity index is 1230. The second kappa shape index (κ2) is 9.38. The summed E-state index contributed by atoms with van der Waals surface area (Å²) in [6, 6.07) is 15.0. The van der Waals surface area contributed by atoms with Crippen LogP contribution in [0.5, 0.6) is 0 Å². The molecule has 4 N–H and O–H groups in total. The van der Waals surface area contributed by atoms with Crippen LogP contribution >= 0.6 is 11.6 Å². The first kappa shape index (κ1) is 22.3. The molecule has 34 heavy (non-hydrogen) atoms. The van der Waals surface area contributed by atoms with Gasteiger partial charge in [-0.3, -0.25) is 4.79 Å². The maximum absolute atomic E-state index is 13.5. The van der Waals surface area contributed by atoms with Gasteiger partial charge >= 0.3 is 6.09 Å². The fourth-order valence-electron chi connectivity index (χ4n) is 4.73. The maximum Gasteiger partial charge on any atom is 0.407 e. The molecule has 0 radical (unpaired) electrons. The van der Waals surface area contributed by atoms with Gasteiger partial charge in [0.05, 0.1) is 22.3 Å². The Kier molecular flexibility index (Phi) is 6.15. The highest BCUT2D eigenvalue weighted by atomic mass is 35.5. The third-order valence-corrected chi connectivity index (χ3v) is 6.80.